The van der Waals surface area contributed by atoms with E-state index in [2.05, 4.69) is 10.3 Å². The summed E-state index contributed by atoms with van der Waals surface area (Å²) in [6.07, 6.45) is 1.73. The normalized spacial score (nSPS) is 10.2. The third-order valence-electron chi connectivity index (χ3n) is 3.41. The molecule has 0 aliphatic heterocycles. The summed E-state index contributed by atoms with van der Waals surface area (Å²) in [5.74, 6) is 0.397. The molecule has 0 spiro atoms. The first-order valence-corrected chi connectivity index (χ1v) is 7.12. The van der Waals surface area contributed by atoms with Gasteiger partial charge in [-0.2, -0.15) is 0 Å². The Labute approximate surface area is 129 Å². The lowest BCUT2D eigenvalue weighted by Crippen LogP contribution is -2.14. The van der Waals surface area contributed by atoms with Gasteiger partial charge >= 0.3 is 0 Å². The molecule has 0 fully saturated rings. The first-order chi connectivity index (χ1) is 10.7. The second-order valence-corrected chi connectivity index (χ2v) is 5.09. The lowest BCUT2D eigenvalue weighted by atomic mass is 9.99. The van der Waals surface area contributed by atoms with Crippen LogP contribution in [-0.4, -0.2) is 10.9 Å². The number of nitrogens with one attached hydrogen (secondary N) is 1. The molecule has 0 saturated heterocycles. The number of amides is 1. The minimum atomic E-state index is -0.157. The van der Waals surface area contributed by atoms with E-state index in [0.29, 0.717) is 11.4 Å². The summed E-state index contributed by atoms with van der Waals surface area (Å²) in [7, 11) is 0. The number of benzene rings is 2. The van der Waals surface area contributed by atoms with Gasteiger partial charge in [0.1, 0.15) is 5.82 Å². The molecule has 3 aromatic rings. The number of nitrogens with zero attached hydrogens (tertiary/aromatic N) is 1. The quantitative estimate of drug-likeness (QED) is 0.780. The molecule has 3 rings (SSSR count). The summed E-state index contributed by atoms with van der Waals surface area (Å²) < 4.78 is 0. The van der Waals surface area contributed by atoms with Crippen molar-refractivity contribution in [3.63, 3.8) is 0 Å². The number of aromatic nitrogens is 1. The monoisotopic (exact) mass is 288 g/mol. The van der Waals surface area contributed by atoms with Crippen LogP contribution in [-0.2, 0) is 0 Å². The van der Waals surface area contributed by atoms with E-state index in [1.807, 2.05) is 67.6 Å². The molecule has 22 heavy (non-hydrogen) atoms. The van der Waals surface area contributed by atoms with Crippen molar-refractivity contribution in [3.05, 3.63) is 84.1 Å². The Morgan fingerprint density at radius 3 is 2.36 bits per heavy atom. The molecule has 1 N–H and O–H groups in total. The number of pyridine rings is 1. The van der Waals surface area contributed by atoms with Crippen LogP contribution in [0.1, 0.15) is 15.9 Å². The highest BCUT2D eigenvalue weighted by Gasteiger charge is 2.12. The molecule has 1 amide bonds. The Morgan fingerprint density at radius 1 is 0.909 bits per heavy atom. The maximum Gasteiger partial charge on any atom is 0.257 e. The Balaban J connectivity index is 1.91. The zero-order chi connectivity index (χ0) is 15.4. The van der Waals surface area contributed by atoms with E-state index in [1.54, 1.807) is 12.3 Å². The second kappa shape index (κ2) is 6.22. The number of hydrogen-bond acceptors (Lipinski definition) is 2. The highest BCUT2D eigenvalue weighted by Crippen LogP contribution is 2.24. The van der Waals surface area contributed by atoms with Crippen LogP contribution < -0.4 is 5.32 Å². The third kappa shape index (κ3) is 3.04. The fourth-order valence-electron chi connectivity index (χ4n) is 2.28. The molecular weight excluding hydrogens is 272 g/mol. The number of carbonyl (C=O) groups excluding carboxylic acids is 1. The Hall–Kier alpha value is -2.94. The summed E-state index contributed by atoms with van der Waals surface area (Å²) >= 11 is 0. The maximum atomic E-state index is 12.5. The predicted octanol–water partition coefficient (Wildman–Crippen LogP) is 4.31. The maximum absolute atomic E-state index is 12.5. The summed E-state index contributed by atoms with van der Waals surface area (Å²) in [6.45, 7) is 1.96. The van der Waals surface area contributed by atoms with Gasteiger partial charge in [0, 0.05) is 11.8 Å². The molecule has 0 atom stereocenters. The Kier molecular flexibility index (Phi) is 3.97. The van der Waals surface area contributed by atoms with Gasteiger partial charge in [-0.3, -0.25) is 4.79 Å². The van der Waals surface area contributed by atoms with Crippen molar-refractivity contribution in [2.75, 3.05) is 5.32 Å². The Bertz CT molecular complexity index is 780. The van der Waals surface area contributed by atoms with Gasteiger partial charge in [0.25, 0.3) is 5.91 Å². The van der Waals surface area contributed by atoms with E-state index in [-0.39, 0.29) is 5.91 Å². The van der Waals surface area contributed by atoms with Crippen molar-refractivity contribution in [1.29, 1.82) is 0 Å². The van der Waals surface area contributed by atoms with E-state index in [0.717, 1.165) is 16.7 Å². The van der Waals surface area contributed by atoms with Crippen molar-refractivity contribution in [3.8, 4) is 11.1 Å². The van der Waals surface area contributed by atoms with Gasteiger partial charge in [0.05, 0.1) is 0 Å². The molecular formula is C19H16N2O. The molecule has 0 unspecified atom stereocenters. The number of anilines is 1. The molecule has 1 heterocycles. The lowest BCUT2D eigenvalue weighted by Gasteiger charge is -2.10. The van der Waals surface area contributed by atoms with E-state index in [1.165, 1.54) is 0 Å². The molecule has 0 aliphatic rings. The van der Waals surface area contributed by atoms with Crippen LogP contribution in [0.5, 0.6) is 0 Å². The standard InChI is InChI=1S/C19H16N2O/c1-14-11-12-18(20-13-14)21-19(22)17-10-6-5-9-16(17)15-7-3-2-4-8-15/h2-13H,1H3,(H,20,21,22). The molecule has 2 aromatic carbocycles. The number of carbonyl (C=O) groups is 1. The SMILES string of the molecule is Cc1ccc(NC(=O)c2ccccc2-c2ccccc2)nc1. The topological polar surface area (TPSA) is 42.0 Å². The van der Waals surface area contributed by atoms with E-state index >= 15 is 0 Å². The fourth-order valence-corrected chi connectivity index (χ4v) is 2.28. The number of rotatable bonds is 3. The summed E-state index contributed by atoms with van der Waals surface area (Å²) in [6, 6.07) is 21.2. The van der Waals surface area contributed by atoms with Crippen molar-refractivity contribution >= 4 is 11.7 Å². The smallest absolute Gasteiger partial charge is 0.257 e. The highest BCUT2D eigenvalue weighted by atomic mass is 16.1. The van der Waals surface area contributed by atoms with Crippen LogP contribution in [0.2, 0.25) is 0 Å². The van der Waals surface area contributed by atoms with E-state index in [4.69, 9.17) is 0 Å². The van der Waals surface area contributed by atoms with E-state index in [9.17, 15) is 4.79 Å². The molecule has 108 valence electrons. The van der Waals surface area contributed by atoms with Crippen molar-refractivity contribution in [2.45, 2.75) is 6.92 Å². The third-order valence-corrected chi connectivity index (χ3v) is 3.41. The first-order valence-electron chi connectivity index (χ1n) is 7.12. The van der Waals surface area contributed by atoms with Crippen LogP contribution in [0, 0.1) is 6.92 Å². The summed E-state index contributed by atoms with van der Waals surface area (Å²) in [4.78, 5) is 16.8. The first kappa shape index (κ1) is 14.0. The minimum Gasteiger partial charge on any atom is -0.307 e. The molecule has 3 heteroatoms. The lowest BCUT2D eigenvalue weighted by molar-refractivity contribution is 0.102. The van der Waals surface area contributed by atoms with Crippen LogP contribution in [0.4, 0.5) is 5.82 Å². The van der Waals surface area contributed by atoms with Gasteiger partial charge in [0.15, 0.2) is 0 Å². The largest absolute Gasteiger partial charge is 0.307 e. The number of aryl methyl sites for hydroxylation is 1. The van der Waals surface area contributed by atoms with Crippen molar-refractivity contribution < 1.29 is 4.79 Å². The minimum absolute atomic E-state index is 0.157. The van der Waals surface area contributed by atoms with Gasteiger partial charge in [0.2, 0.25) is 0 Å². The summed E-state index contributed by atoms with van der Waals surface area (Å²) in [5, 5.41) is 2.85. The molecule has 1 aromatic heterocycles. The molecule has 0 radical (unpaired) electrons. The van der Waals surface area contributed by atoms with Crippen molar-refractivity contribution in [1.82, 2.24) is 4.98 Å². The molecule has 3 nitrogen and oxygen atoms in total. The van der Waals surface area contributed by atoms with Gasteiger partial charge in [-0.15, -0.1) is 0 Å². The van der Waals surface area contributed by atoms with Crippen LogP contribution in [0.25, 0.3) is 11.1 Å². The predicted molar refractivity (Wildman–Crippen MR) is 88.8 cm³/mol. The fraction of sp³-hybridized carbons (Fsp3) is 0.0526. The highest BCUT2D eigenvalue weighted by molar-refractivity contribution is 6.08. The molecule has 0 aliphatic carbocycles. The van der Waals surface area contributed by atoms with Crippen LogP contribution in [0.3, 0.4) is 0 Å². The van der Waals surface area contributed by atoms with Gasteiger partial charge in [-0.05, 0) is 35.7 Å². The van der Waals surface area contributed by atoms with Crippen LogP contribution in [0.15, 0.2) is 72.9 Å². The van der Waals surface area contributed by atoms with Crippen LogP contribution >= 0.6 is 0 Å². The average Bonchev–Trinajstić information content (AvgIpc) is 2.58. The average molecular weight is 288 g/mol. The summed E-state index contributed by atoms with van der Waals surface area (Å²) in [5.41, 5.74) is 3.62. The van der Waals surface area contributed by atoms with Gasteiger partial charge in [-0.25, -0.2) is 4.98 Å². The van der Waals surface area contributed by atoms with E-state index < -0.39 is 0 Å². The number of hydrogen-bond donors (Lipinski definition) is 1. The Morgan fingerprint density at radius 2 is 1.64 bits per heavy atom. The van der Waals surface area contributed by atoms with Crippen molar-refractivity contribution in [2.24, 2.45) is 0 Å². The van der Waals surface area contributed by atoms with Gasteiger partial charge in [-0.1, -0.05) is 54.6 Å². The molecule has 0 bridgehead atoms. The zero-order valence-corrected chi connectivity index (χ0v) is 12.3. The zero-order valence-electron chi connectivity index (χ0n) is 12.3. The van der Waals surface area contributed by atoms with Gasteiger partial charge < -0.3 is 5.32 Å². The second-order valence-electron chi connectivity index (χ2n) is 5.09. The molecule has 0 saturated carbocycles.